The summed E-state index contributed by atoms with van der Waals surface area (Å²) in [6.07, 6.45) is 0. The molecule has 0 amide bonds. The van der Waals surface area contributed by atoms with Crippen molar-refractivity contribution >= 4 is 11.8 Å². The van der Waals surface area contributed by atoms with Crippen molar-refractivity contribution in [3.05, 3.63) is 5.82 Å². The monoisotopic (exact) mass is 216 g/mol. The molecule has 1 heterocycles. The first-order chi connectivity index (χ1) is 6.65. The number of hydrogen-bond acceptors (Lipinski definition) is 5. The van der Waals surface area contributed by atoms with Crippen LogP contribution < -0.4 is 5.73 Å². The highest BCUT2D eigenvalue weighted by Gasteiger charge is 2.08. The maximum atomic E-state index is 5.79. The van der Waals surface area contributed by atoms with Crippen LogP contribution in [0.2, 0.25) is 0 Å². The third-order valence-corrected chi connectivity index (χ3v) is 3.07. The average molecular weight is 216 g/mol. The van der Waals surface area contributed by atoms with Crippen molar-refractivity contribution in [1.82, 2.24) is 14.8 Å². The zero-order valence-electron chi connectivity index (χ0n) is 8.73. The third kappa shape index (κ3) is 2.97. The van der Waals surface area contributed by atoms with Gasteiger partial charge in [0.05, 0.1) is 6.61 Å². The lowest BCUT2D eigenvalue weighted by atomic mass is 10.4. The fourth-order valence-corrected chi connectivity index (χ4v) is 1.84. The number of thioether (sulfide) groups is 1. The number of aryl methyl sites for hydroxylation is 1. The molecular formula is C8H16N4OS. The van der Waals surface area contributed by atoms with Crippen LogP contribution in [0.5, 0.6) is 0 Å². The molecule has 1 atom stereocenters. The van der Waals surface area contributed by atoms with Crippen LogP contribution in [0, 0.1) is 6.92 Å². The fourth-order valence-electron chi connectivity index (χ4n) is 0.957. The summed E-state index contributed by atoms with van der Waals surface area (Å²) in [6.45, 7) is 2.50. The van der Waals surface area contributed by atoms with Crippen molar-refractivity contribution < 1.29 is 4.74 Å². The van der Waals surface area contributed by atoms with Crippen LogP contribution in [0.4, 0.5) is 0 Å². The molecular weight excluding hydrogens is 200 g/mol. The Morgan fingerprint density at radius 1 is 1.57 bits per heavy atom. The lowest BCUT2D eigenvalue weighted by Crippen LogP contribution is -2.28. The molecule has 80 valence electrons. The molecule has 1 aromatic rings. The summed E-state index contributed by atoms with van der Waals surface area (Å²) in [6, 6.07) is 0.0435. The summed E-state index contributed by atoms with van der Waals surface area (Å²) in [4.78, 5) is 0. The summed E-state index contributed by atoms with van der Waals surface area (Å²) in [5, 5.41) is 8.88. The molecule has 1 unspecified atom stereocenters. The Balaban J connectivity index is 2.41. The van der Waals surface area contributed by atoms with Gasteiger partial charge in [0.2, 0.25) is 0 Å². The second-order valence-electron chi connectivity index (χ2n) is 3.12. The van der Waals surface area contributed by atoms with E-state index in [1.165, 1.54) is 0 Å². The molecule has 0 radical (unpaired) electrons. The Bertz CT molecular complexity index is 289. The maximum absolute atomic E-state index is 5.79. The Morgan fingerprint density at radius 3 is 2.79 bits per heavy atom. The van der Waals surface area contributed by atoms with E-state index in [4.69, 9.17) is 10.5 Å². The minimum Gasteiger partial charge on any atom is -0.383 e. The SMILES string of the molecule is COCC(N)CSc1nnc(C)n1C. The van der Waals surface area contributed by atoms with Crippen molar-refractivity contribution in [3.8, 4) is 0 Å². The number of rotatable bonds is 5. The Kier molecular flexibility index (Phi) is 4.37. The van der Waals surface area contributed by atoms with Crippen molar-refractivity contribution in [2.24, 2.45) is 12.8 Å². The molecule has 6 heteroatoms. The van der Waals surface area contributed by atoms with E-state index in [1.54, 1.807) is 18.9 Å². The van der Waals surface area contributed by atoms with Crippen molar-refractivity contribution in [2.45, 2.75) is 18.1 Å². The molecule has 0 fully saturated rings. The van der Waals surface area contributed by atoms with Crippen LogP contribution >= 0.6 is 11.8 Å². The van der Waals surface area contributed by atoms with Crippen LogP contribution in [0.25, 0.3) is 0 Å². The van der Waals surface area contributed by atoms with Crippen molar-refractivity contribution in [3.63, 3.8) is 0 Å². The van der Waals surface area contributed by atoms with Gasteiger partial charge in [-0.05, 0) is 6.92 Å². The standard InChI is InChI=1S/C8H16N4OS/c1-6-10-11-8(12(6)2)14-5-7(9)4-13-3/h7H,4-5,9H2,1-3H3. The van der Waals surface area contributed by atoms with Gasteiger partial charge in [-0.25, -0.2) is 0 Å². The topological polar surface area (TPSA) is 66.0 Å². The Hall–Kier alpha value is -0.590. The zero-order chi connectivity index (χ0) is 10.6. The molecule has 0 bridgehead atoms. The van der Waals surface area contributed by atoms with Gasteiger partial charge in [-0.1, -0.05) is 11.8 Å². The zero-order valence-corrected chi connectivity index (χ0v) is 9.54. The minimum atomic E-state index is 0.0435. The van der Waals surface area contributed by atoms with Crippen LogP contribution in [-0.4, -0.2) is 40.3 Å². The molecule has 14 heavy (non-hydrogen) atoms. The summed E-state index contributed by atoms with van der Waals surface area (Å²) in [5.41, 5.74) is 5.79. The predicted molar refractivity (Wildman–Crippen MR) is 56.3 cm³/mol. The van der Waals surface area contributed by atoms with Gasteiger partial charge in [0, 0.05) is 26.0 Å². The Morgan fingerprint density at radius 2 is 2.29 bits per heavy atom. The summed E-state index contributed by atoms with van der Waals surface area (Å²) in [5.74, 6) is 1.70. The number of nitrogens with two attached hydrogens (primary N) is 1. The summed E-state index contributed by atoms with van der Waals surface area (Å²) < 4.78 is 6.89. The van der Waals surface area contributed by atoms with E-state index in [0.717, 1.165) is 16.7 Å². The third-order valence-electron chi connectivity index (χ3n) is 1.86. The molecule has 0 spiro atoms. The highest BCUT2D eigenvalue weighted by Crippen LogP contribution is 2.15. The molecule has 1 rings (SSSR count). The van der Waals surface area contributed by atoms with Gasteiger partial charge in [0.15, 0.2) is 5.16 Å². The molecule has 0 saturated heterocycles. The van der Waals surface area contributed by atoms with Gasteiger partial charge in [0.25, 0.3) is 0 Å². The number of nitrogens with zero attached hydrogens (tertiary/aromatic N) is 3. The first kappa shape index (κ1) is 11.5. The fraction of sp³-hybridized carbons (Fsp3) is 0.750. The van der Waals surface area contributed by atoms with Gasteiger partial charge in [-0.3, -0.25) is 0 Å². The van der Waals surface area contributed by atoms with Gasteiger partial charge in [-0.2, -0.15) is 0 Å². The van der Waals surface area contributed by atoms with Crippen LogP contribution in [0.3, 0.4) is 0 Å². The molecule has 5 nitrogen and oxygen atoms in total. The largest absolute Gasteiger partial charge is 0.383 e. The quantitative estimate of drug-likeness (QED) is 0.712. The van der Waals surface area contributed by atoms with Crippen LogP contribution in [0.1, 0.15) is 5.82 Å². The lowest BCUT2D eigenvalue weighted by Gasteiger charge is -2.08. The molecule has 0 saturated carbocycles. The van der Waals surface area contributed by atoms with Gasteiger partial charge >= 0.3 is 0 Å². The first-order valence-electron chi connectivity index (χ1n) is 4.38. The van der Waals surface area contributed by atoms with Gasteiger partial charge < -0.3 is 15.0 Å². The van der Waals surface area contributed by atoms with Crippen molar-refractivity contribution in [1.29, 1.82) is 0 Å². The number of ether oxygens (including phenoxy) is 1. The van der Waals surface area contributed by atoms with Gasteiger partial charge in [-0.15, -0.1) is 10.2 Å². The second-order valence-corrected chi connectivity index (χ2v) is 4.10. The van der Waals surface area contributed by atoms with E-state index in [9.17, 15) is 0 Å². The van der Waals surface area contributed by atoms with E-state index in [0.29, 0.717) is 6.61 Å². The second kappa shape index (κ2) is 5.33. The van der Waals surface area contributed by atoms with Gasteiger partial charge in [0.1, 0.15) is 5.82 Å². The lowest BCUT2D eigenvalue weighted by molar-refractivity contribution is 0.186. The molecule has 0 aromatic carbocycles. The van der Waals surface area contributed by atoms with Crippen LogP contribution in [-0.2, 0) is 11.8 Å². The first-order valence-corrected chi connectivity index (χ1v) is 5.37. The predicted octanol–water partition coefficient (Wildman–Crippen LogP) is 0.189. The summed E-state index contributed by atoms with van der Waals surface area (Å²) >= 11 is 1.60. The number of aromatic nitrogens is 3. The molecule has 0 aliphatic carbocycles. The Labute approximate surface area is 88.0 Å². The molecule has 0 aliphatic heterocycles. The van der Waals surface area contributed by atoms with E-state index < -0.39 is 0 Å². The normalized spacial score (nSPS) is 13.1. The van der Waals surface area contributed by atoms with Crippen molar-refractivity contribution in [2.75, 3.05) is 19.5 Å². The number of hydrogen-bond donors (Lipinski definition) is 1. The minimum absolute atomic E-state index is 0.0435. The van der Waals surface area contributed by atoms with Crippen LogP contribution in [0.15, 0.2) is 5.16 Å². The highest BCUT2D eigenvalue weighted by molar-refractivity contribution is 7.99. The molecule has 0 aliphatic rings. The van der Waals surface area contributed by atoms with E-state index >= 15 is 0 Å². The van der Waals surface area contributed by atoms with E-state index in [1.807, 2.05) is 18.5 Å². The highest BCUT2D eigenvalue weighted by atomic mass is 32.2. The molecule has 1 aromatic heterocycles. The molecule has 2 N–H and O–H groups in total. The number of methoxy groups -OCH3 is 1. The maximum Gasteiger partial charge on any atom is 0.190 e. The average Bonchev–Trinajstić information content (AvgIpc) is 2.46. The smallest absolute Gasteiger partial charge is 0.190 e. The summed E-state index contributed by atoms with van der Waals surface area (Å²) in [7, 11) is 3.59. The van der Waals surface area contributed by atoms with E-state index in [-0.39, 0.29) is 6.04 Å². The van der Waals surface area contributed by atoms with E-state index in [2.05, 4.69) is 10.2 Å².